The van der Waals surface area contributed by atoms with Crippen LogP contribution < -0.4 is 5.32 Å². The third kappa shape index (κ3) is 3.38. The third-order valence-electron chi connectivity index (χ3n) is 2.60. The topological polar surface area (TPSA) is 114 Å². The molecule has 0 aliphatic carbocycles. The van der Waals surface area contributed by atoms with Crippen LogP contribution >= 0.6 is 0 Å². The summed E-state index contributed by atoms with van der Waals surface area (Å²) in [5.41, 5.74) is -0.495. The Labute approximate surface area is 118 Å². The van der Waals surface area contributed by atoms with Gasteiger partial charge in [-0.2, -0.15) is 0 Å². The van der Waals surface area contributed by atoms with Crippen LogP contribution in [-0.4, -0.2) is 26.0 Å². The quantitative estimate of drug-likeness (QED) is 0.662. The third-order valence-corrected chi connectivity index (χ3v) is 2.60. The van der Waals surface area contributed by atoms with E-state index >= 15 is 0 Å². The second-order valence-corrected chi connectivity index (χ2v) is 4.61. The molecule has 8 nitrogen and oxygen atoms in total. The number of carbonyl (C=O) groups is 1. The smallest absolute Gasteiger partial charge is 0.295 e. The molecular formula is C12H12FN5O3. The van der Waals surface area contributed by atoms with Gasteiger partial charge < -0.3 is 5.32 Å². The first-order valence-electron chi connectivity index (χ1n) is 6.05. The van der Waals surface area contributed by atoms with Crippen LogP contribution in [0.5, 0.6) is 0 Å². The molecule has 0 spiro atoms. The summed E-state index contributed by atoms with van der Waals surface area (Å²) < 4.78 is 13.3. The van der Waals surface area contributed by atoms with E-state index in [1.165, 1.54) is 0 Å². The van der Waals surface area contributed by atoms with Crippen LogP contribution in [0.25, 0.3) is 0 Å². The first kappa shape index (κ1) is 14.6. The molecule has 2 N–H and O–H groups in total. The molecule has 110 valence electrons. The SMILES string of the molecule is CC(C)c1nc(C(=O)Nc2cc(F)cc([N+](=O)[O-])c2)n[nH]1. The molecule has 0 atom stereocenters. The molecule has 0 saturated heterocycles. The second kappa shape index (κ2) is 5.65. The molecule has 1 heterocycles. The molecule has 1 aromatic heterocycles. The largest absolute Gasteiger partial charge is 0.319 e. The summed E-state index contributed by atoms with van der Waals surface area (Å²) in [5, 5.41) is 19.3. The lowest BCUT2D eigenvalue weighted by atomic mass is 10.2. The maximum atomic E-state index is 13.3. The van der Waals surface area contributed by atoms with Gasteiger partial charge in [0.05, 0.1) is 16.7 Å². The summed E-state index contributed by atoms with van der Waals surface area (Å²) in [6.45, 7) is 3.75. The summed E-state index contributed by atoms with van der Waals surface area (Å²) in [4.78, 5) is 25.8. The Morgan fingerprint density at radius 2 is 2.14 bits per heavy atom. The van der Waals surface area contributed by atoms with E-state index in [1.807, 2.05) is 13.8 Å². The summed E-state index contributed by atoms with van der Waals surface area (Å²) in [5.74, 6) is -1.03. The van der Waals surface area contributed by atoms with Crippen LogP contribution in [0.2, 0.25) is 0 Å². The highest BCUT2D eigenvalue weighted by atomic mass is 19.1. The highest BCUT2D eigenvalue weighted by Crippen LogP contribution is 2.20. The Morgan fingerprint density at radius 3 is 2.71 bits per heavy atom. The number of nitro benzene ring substituents is 1. The number of halogens is 1. The van der Waals surface area contributed by atoms with Crippen LogP contribution in [0.15, 0.2) is 18.2 Å². The molecule has 0 aliphatic heterocycles. The van der Waals surface area contributed by atoms with E-state index in [9.17, 15) is 19.3 Å². The lowest BCUT2D eigenvalue weighted by Crippen LogP contribution is -2.14. The fraction of sp³-hybridized carbons (Fsp3) is 0.250. The van der Waals surface area contributed by atoms with Crippen molar-refractivity contribution in [3.8, 4) is 0 Å². The first-order valence-corrected chi connectivity index (χ1v) is 6.05. The van der Waals surface area contributed by atoms with Crippen molar-refractivity contribution in [2.24, 2.45) is 0 Å². The molecule has 0 aliphatic rings. The summed E-state index contributed by atoms with van der Waals surface area (Å²) >= 11 is 0. The van der Waals surface area contributed by atoms with E-state index in [0.717, 1.165) is 18.2 Å². The lowest BCUT2D eigenvalue weighted by molar-refractivity contribution is -0.385. The molecule has 2 rings (SSSR count). The lowest BCUT2D eigenvalue weighted by Gasteiger charge is -2.02. The minimum Gasteiger partial charge on any atom is -0.319 e. The Morgan fingerprint density at radius 1 is 1.43 bits per heavy atom. The number of hydrogen-bond donors (Lipinski definition) is 2. The van der Waals surface area contributed by atoms with E-state index < -0.39 is 22.3 Å². The van der Waals surface area contributed by atoms with Crippen molar-refractivity contribution in [3.05, 3.63) is 45.8 Å². The zero-order valence-corrected chi connectivity index (χ0v) is 11.3. The Bertz CT molecular complexity index is 698. The van der Waals surface area contributed by atoms with Gasteiger partial charge in [0, 0.05) is 12.0 Å². The molecule has 0 unspecified atom stereocenters. The Kier molecular flexibility index (Phi) is 3.92. The number of H-pyrrole nitrogens is 1. The van der Waals surface area contributed by atoms with Crippen molar-refractivity contribution < 1.29 is 14.1 Å². The molecule has 9 heteroatoms. The van der Waals surface area contributed by atoms with Gasteiger partial charge in [0.25, 0.3) is 11.6 Å². The van der Waals surface area contributed by atoms with Crippen molar-refractivity contribution >= 4 is 17.3 Å². The molecule has 1 aromatic carbocycles. The van der Waals surface area contributed by atoms with E-state index in [0.29, 0.717) is 5.82 Å². The van der Waals surface area contributed by atoms with Gasteiger partial charge in [-0.1, -0.05) is 13.8 Å². The molecule has 0 saturated carbocycles. The summed E-state index contributed by atoms with van der Waals surface area (Å²) in [6, 6.07) is 2.79. The number of nitro groups is 1. The zero-order chi connectivity index (χ0) is 15.6. The number of non-ortho nitro benzene ring substituents is 1. The van der Waals surface area contributed by atoms with Gasteiger partial charge in [0.1, 0.15) is 11.6 Å². The number of aromatic amines is 1. The van der Waals surface area contributed by atoms with Crippen LogP contribution in [0.3, 0.4) is 0 Å². The average Bonchev–Trinajstić information content (AvgIpc) is 2.87. The fourth-order valence-electron chi connectivity index (χ4n) is 1.57. The molecular weight excluding hydrogens is 281 g/mol. The monoisotopic (exact) mass is 293 g/mol. The van der Waals surface area contributed by atoms with Gasteiger partial charge in [-0.15, -0.1) is 5.10 Å². The van der Waals surface area contributed by atoms with Crippen molar-refractivity contribution in [3.63, 3.8) is 0 Å². The first-order chi connectivity index (χ1) is 9.86. The van der Waals surface area contributed by atoms with E-state index in [1.54, 1.807) is 0 Å². The number of carbonyl (C=O) groups excluding carboxylic acids is 1. The van der Waals surface area contributed by atoms with Crippen molar-refractivity contribution in [2.75, 3.05) is 5.32 Å². The van der Waals surface area contributed by atoms with Gasteiger partial charge in [-0.05, 0) is 6.07 Å². The number of anilines is 1. The average molecular weight is 293 g/mol. The van der Waals surface area contributed by atoms with Gasteiger partial charge in [-0.25, -0.2) is 9.37 Å². The van der Waals surface area contributed by atoms with Gasteiger partial charge >= 0.3 is 0 Å². The van der Waals surface area contributed by atoms with Gasteiger partial charge in [0.15, 0.2) is 0 Å². The fourth-order valence-corrected chi connectivity index (χ4v) is 1.57. The number of rotatable bonds is 4. The Balaban J connectivity index is 2.20. The minimum atomic E-state index is -0.822. The van der Waals surface area contributed by atoms with Gasteiger partial charge in [-0.3, -0.25) is 20.0 Å². The normalized spacial score (nSPS) is 10.7. The minimum absolute atomic E-state index is 0.0393. The predicted molar refractivity (Wildman–Crippen MR) is 71.5 cm³/mol. The molecule has 2 aromatic rings. The number of nitrogens with zero attached hydrogens (tertiary/aromatic N) is 3. The molecule has 0 bridgehead atoms. The van der Waals surface area contributed by atoms with Crippen LogP contribution in [0.4, 0.5) is 15.8 Å². The molecule has 1 amide bonds. The zero-order valence-electron chi connectivity index (χ0n) is 11.3. The van der Waals surface area contributed by atoms with Crippen molar-refractivity contribution in [1.82, 2.24) is 15.2 Å². The van der Waals surface area contributed by atoms with Crippen LogP contribution in [0, 0.1) is 15.9 Å². The highest BCUT2D eigenvalue weighted by molar-refractivity contribution is 6.01. The molecule has 0 radical (unpaired) electrons. The molecule has 0 fully saturated rings. The van der Waals surface area contributed by atoms with E-state index in [4.69, 9.17) is 0 Å². The standard InChI is InChI=1S/C12H12FN5O3/c1-6(2)10-15-11(17-16-10)12(19)14-8-3-7(13)4-9(5-8)18(20)21/h3-6H,1-2H3,(H,14,19)(H,15,16,17). The number of nitrogens with one attached hydrogen (secondary N) is 2. The number of benzene rings is 1. The number of hydrogen-bond acceptors (Lipinski definition) is 5. The Hall–Kier alpha value is -2.84. The molecule has 21 heavy (non-hydrogen) atoms. The summed E-state index contributed by atoms with van der Waals surface area (Å²) in [6.07, 6.45) is 0. The van der Waals surface area contributed by atoms with Crippen molar-refractivity contribution in [1.29, 1.82) is 0 Å². The van der Waals surface area contributed by atoms with Crippen LogP contribution in [-0.2, 0) is 0 Å². The second-order valence-electron chi connectivity index (χ2n) is 4.61. The predicted octanol–water partition coefficient (Wildman–Crippen LogP) is 2.23. The maximum Gasteiger partial charge on any atom is 0.295 e. The van der Waals surface area contributed by atoms with Crippen molar-refractivity contribution in [2.45, 2.75) is 19.8 Å². The van der Waals surface area contributed by atoms with E-state index in [2.05, 4.69) is 20.5 Å². The van der Waals surface area contributed by atoms with Gasteiger partial charge in [0.2, 0.25) is 5.82 Å². The number of aromatic nitrogens is 3. The highest BCUT2D eigenvalue weighted by Gasteiger charge is 2.16. The summed E-state index contributed by atoms with van der Waals surface area (Å²) in [7, 11) is 0. The maximum absolute atomic E-state index is 13.3. The number of amides is 1. The van der Waals surface area contributed by atoms with Crippen LogP contribution in [0.1, 0.15) is 36.2 Å². The van der Waals surface area contributed by atoms with E-state index in [-0.39, 0.29) is 17.4 Å².